The third kappa shape index (κ3) is 3.45. The normalized spacial score (nSPS) is 21.0. The Morgan fingerprint density at radius 3 is 2.61 bits per heavy atom. The van der Waals surface area contributed by atoms with Crippen LogP contribution in [0.4, 0.5) is 5.69 Å². The standard InChI is InChI=1S/C13H17Cl3N2/c1-18-5-3-2-4-9(18)8-17-13-7-11(15)10(14)6-12(13)16/h6-7,9,17H,2-5,8H2,1H3. The maximum Gasteiger partial charge on any atom is 0.0653 e. The number of piperidine rings is 1. The summed E-state index contributed by atoms with van der Waals surface area (Å²) in [5, 5.41) is 4.99. The zero-order valence-electron chi connectivity index (χ0n) is 10.3. The average Bonchev–Trinajstić information content (AvgIpc) is 2.34. The number of likely N-dealkylation sites (tertiary alicyclic amines) is 1. The quantitative estimate of drug-likeness (QED) is 0.825. The van der Waals surface area contributed by atoms with Crippen LogP contribution in [0.3, 0.4) is 0 Å². The molecule has 0 spiro atoms. The van der Waals surface area contributed by atoms with Crippen molar-refractivity contribution in [3.63, 3.8) is 0 Å². The minimum atomic E-state index is 0.488. The van der Waals surface area contributed by atoms with E-state index in [0.717, 1.165) is 12.2 Å². The Morgan fingerprint density at radius 2 is 1.89 bits per heavy atom. The number of likely N-dealkylation sites (N-methyl/N-ethyl adjacent to an activating group) is 1. The molecular weight excluding hydrogens is 291 g/mol. The summed E-state index contributed by atoms with van der Waals surface area (Å²) in [4.78, 5) is 2.39. The number of hydrogen-bond acceptors (Lipinski definition) is 2. The number of rotatable bonds is 3. The summed E-state index contributed by atoms with van der Waals surface area (Å²) in [6.07, 6.45) is 3.81. The van der Waals surface area contributed by atoms with E-state index in [1.165, 1.54) is 25.8 Å². The molecule has 2 nitrogen and oxygen atoms in total. The van der Waals surface area contributed by atoms with Crippen LogP contribution in [0.1, 0.15) is 19.3 Å². The molecule has 0 saturated carbocycles. The highest BCUT2D eigenvalue weighted by molar-refractivity contribution is 6.44. The molecule has 0 aromatic heterocycles. The van der Waals surface area contributed by atoms with Crippen LogP contribution in [0.25, 0.3) is 0 Å². The van der Waals surface area contributed by atoms with Gasteiger partial charge in [-0.1, -0.05) is 41.2 Å². The van der Waals surface area contributed by atoms with E-state index in [2.05, 4.69) is 17.3 Å². The van der Waals surface area contributed by atoms with Crippen LogP contribution in [-0.4, -0.2) is 31.1 Å². The molecule has 1 aliphatic heterocycles. The summed E-state index contributed by atoms with van der Waals surface area (Å²) >= 11 is 18.0. The number of anilines is 1. The van der Waals surface area contributed by atoms with Crippen LogP contribution in [0, 0.1) is 0 Å². The van der Waals surface area contributed by atoms with Gasteiger partial charge in [0, 0.05) is 12.6 Å². The fourth-order valence-corrected chi connectivity index (χ4v) is 2.90. The third-order valence-corrected chi connectivity index (χ3v) is 4.49. The van der Waals surface area contributed by atoms with Crippen molar-refractivity contribution in [1.29, 1.82) is 0 Å². The van der Waals surface area contributed by atoms with Gasteiger partial charge in [0.25, 0.3) is 0 Å². The Bertz CT molecular complexity index is 423. The molecule has 1 unspecified atom stereocenters. The highest BCUT2D eigenvalue weighted by atomic mass is 35.5. The first-order valence-corrected chi connectivity index (χ1v) is 7.30. The number of benzene rings is 1. The van der Waals surface area contributed by atoms with Crippen LogP contribution >= 0.6 is 34.8 Å². The molecule has 5 heteroatoms. The summed E-state index contributed by atoms with van der Waals surface area (Å²) in [7, 11) is 2.17. The van der Waals surface area contributed by atoms with E-state index >= 15 is 0 Å². The lowest BCUT2D eigenvalue weighted by Gasteiger charge is -2.32. The average molecular weight is 308 g/mol. The van der Waals surface area contributed by atoms with Gasteiger partial charge in [-0.05, 0) is 38.6 Å². The molecule has 1 atom stereocenters. The highest BCUT2D eigenvalue weighted by Crippen LogP contribution is 2.32. The summed E-state index contributed by atoms with van der Waals surface area (Å²) in [5.74, 6) is 0. The van der Waals surface area contributed by atoms with Gasteiger partial charge in [0.1, 0.15) is 0 Å². The predicted molar refractivity (Wildman–Crippen MR) is 80.2 cm³/mol. The Kier molecular flexibility index (Phi) is 5.02. The molecule has 18 heavy (non-hydrogen) atoms. The summed E-state index contributed by atoms with van der Waals surface area (Å²) in [6, 6.07) is 4.03. The first-order chi connectivity index (χ1) is 8.58. The van der Waals surface area contributed by atoms with E-state index in [1.54, 1.807) is 12.1 Å². The maximum absolute atomic E-state index is 6.14. The maximum atomic E-state index is 6.14. The Hall–Kier alpha value is -0.150. The minimum Gasteiger partial charge on any atom is -0.382 e. The molecule has 1 aromatic carbocycles. The third-order valence-electron chi connectivity index (χ3n) is 3.46. The number of nitrogens with zero attached hydrogens (tertiary/aromatic N) is 1. The molecule has 1 saturated heterocycles. The van der Waals surface area contributed by atoms with Crippen molar-refractivity contribution in [2.75, 3.05) is 25.5 Å². The van der Waals surface area contributed by atoms with Gasteiger partial charge in [-0.2, -0.15) is 0 Å². The first-order valence-electron chi connectivity index (χ1n) is 6.16. The smallest absolute Gasteiger partial charge is 0.0653 e. The number of hydrogen-bond donors (Lipinski definition) is 1. The van der Waals surface area contributed by atoms with Crippen molar-refractivity contribution >= 4 is 40.5 Å². The summed E-state index contributed by atoms with van der Waals surface area (Å²) < 4.78 is 0. The first kappa shape index (κ1) is 14.3. The monoisotopic (exact) mass is 306 g/mol. The molecule has 1 fully saturated rings. The van der Waals surface area contributed by atoms with Crippen LogP contribution < -0.4 is 5.32 Å². The number of halogens is 3. The Labute approximate surface area is 123 Å². The molecule has 0 radical (unpaired) electrons. The van der Waals surface area contributed by atoms with Crippen LogP contribution in [-0.2, 0) is 0 Å². The van der Waals surface area contributed by atoms with Gasteiger partial charge in [-0.25, -0.2) is 0 Å². The van der Waals surface area contributed by atoms with Crippen molar-refractivity contribution in [2.24, 2.45) is 0 Å². The van der Waals surface area contributed by atoms with Crippen molar-refractivity contribution in [2.45, 2.75) is 25.3 Å². The zero-order chi connectivity index (χ0) is 13.1. The molecular formula is C13H17Cl3N2. The largest absolute Gasteiger partial charge is 0.382 e. The lowest BCUT2D eigenvalue weighted by molar-refractivity contribution is 0.194. The minimum absolute atomic E-state index is 0.488. The zero-order valence-corrected chi connectivity index (χ0v) is 12.6. The van der Waals surface area contributed by atoms with Gasteiger partial charge < -0.3 is 10.2 Å². The van der Waals surface area contributed by atoms with Crippen molar-refractivity contribution in [3.05, 3.63) is 27.2 Å². The second-order valence-electron chi connectivity index (χ2n) is 4.76. The highest BCUT2D eigenvalue weighted by Gasteiger charge is 2.18. The van der Waals surface area contributed by atoms with E-state index < -0.39 is 0 Å². The Balaban J connectivity index is 1.99. The summed E-state index contributed by atoms with van der Waals surface area (Å²) in [5.41, 5.74) is 0.852. The van der Waals surface area contributed by atoms with Crippen molar-refractivity contribution in [3.8, 4) is 0 Å². The topological polar surface area (TPSA) is 15.3 Å². The van der Waals surface area contributed by atoms with Crippen LogP contribution in [0.15, 0.2) is 12.1 Å². The SMILES string of the molecule is CN1CCCCC1CNc1cc(Cl)c(Cl)cc1Cl. The molecule has 0 aliphatic carbocycles. The Morgan fingerprint density at radius 1 is 1.17 bits per heavy atom. The predicted octanol–water partition coefficient (Wildman–Crippen LogP) is 4.54. The van der Waals surface area contributed by atoms with E-state index in [0.29, 0.717) is 21.1 Å². The molecule has 1 N–H and O–H groups in total. The van der Waals surface area contributed by atoms with Crippen LogP contribution in [0.2, 0.25) is 15.1 Å². The van der Waals surface area contributed by atoms with E-state index in [-0.39, 0.29) is 0 Å². The van der Waals surface area contributed by atoms with Gasteiger partial charge in [-0.15, -0.1) is 0 Å². The molecule has 1 aromatic rings. The van der Waals surface area contributed by atoms with Crippen molar-refractivity contribution < 1.29 is 0 Å². The molecule has 2 rings (SSSR count). The molecule has 1 aliphatic rings. The van der Waals surface area contributed by atoms with Gasteiger partial charge in [0.15, 0.2) is 0 Å². The fraction of sp³-hybridized carbons (Fsp3) is 0.538. The lowest BCUT2D eigenvalue weighted by Crippen LogP contribution is -2.40. The molecule has 0 bridgehead atoms. The second kappa shape index (κ2) is 6.33. The summed E-state index contributed by atoms with van der Waals surface area (Å²) in [6.45, 7) is 2.05. The second-order valence-corrected chi connectivity index (χ2v) is 5.98. The van der Waals surface area contributed by atoms with E-state index in [9.17, 15) is 0 Å². The van der Waals surface area contributed by atoms with Gasteiger partial charge >= 0.3 is 0 Å². The lowest BCUT2D eigenvalue weighted by atomic mass is 10.0. The van der Waals surface area contributed by atoms with E-state index in [1.807, 2.05) is 0 Å². The number of nitrogens with one attached hydrogen (secondary N) is 1. The van der Waals surface area contributed by atoms with Crippen molar-refractivity contribution in [1.82, 2.24) is 4.90 Å². The van der Waals surface area contributed by atoms with Gasteiger partial charge in [0.2, 0.25) is 0 Å². The van der Waals surface area contributed by atoms with Crippen LogP contribution in [0.5, 0.6) is 0 Å². The van der Waals surface area contributed by atoms with Gasteiger partial charge in [-0.3, -0.25) is 0 Å². The fourth-order valence-electron chi connectivity index (χ4n) is 2.29. The molecule has 1 heterocycles. The molecule has 100 valence electrons. The van der Waals surface area contributed by atoms with E-state index in [4.69, 9.17) is 34.8 Å². The molecule has 0 amide bonds. The van der Waals surface area contributed by atoms with Gasteiger partial charge in [0.05, 0.1) is 20.8 Å².